The fourth-order valence-corrected chi connectivity index (χ4v) is 4.34. The van der Waals surface area contributed by atoms with Gasteiger partial charge in [0.1, 0.15) is 5.82 Å². The Labute approximate surface area is 174 Å². The molecule has 0 bridgehead atoms. The molecule has 0 saturated carbocycles. The molecule has 0 amide bonds. The highest BCUT2D eigenvalue weighted by molar-refractivity contribution is 14.0. The number of anilines is 1. The zero-order valence-electron chi connectivity index (χ0n) is 14.9. The first-order valence-electron chi connectivity index (χ1n) is 8.28. The summed E-state index contributed by atoms with van der Waals surface area (Å²) in [6.45, 7) is 8.87. The summed E-state index contributed by atoms with van der Waals surface area (Å²) in [6, 6.07) is 4.34. The van der Waals surface area contributed by atoms with Gasteiger partial charge in [0.05, 0.1) is 6.54 Å². The van der Waals surface area contributed by atoms with Crippen LogP contribution in [0.2, 0.25) is 0 Å². The van der Waals surface area contributed by atoms with E-state index in [0.717, 1.165) is 56.1 Å². The summed E-state index contributed by atoms with van der Waals surface area (Å²) in [5.74, 6) is 1.92. The maximum atomic E-state index is 4.59. The smallest absolute Gasteiger partial charge is 0.205 e. The highest BCUT2D eigenvalue weighted by Crippen LogP contribution is 2.19. The number of guanidine groups is 1. The Morgan fingerprint density at radius 3 is 2.60 bits per heavy atom. The zero-order chi connectivity index (χ0) is 16.9. The molecule has 138 valence electrons. The predicted molar refractivity (Wildman–Crippen MR) is 118 cm³/mol. The van der Waals surface area contributed by atoms with E-state index in [1.807, 2.05) is 18.4 Å². The van der Waals surface area contributed by atoms with Crippen molar-refractivity contribution in [3.63, 3.8) is 0 Å². The first kappa shape index (κ1) is 20.4. The third-order valence-electron chi connectivity index (χ3n) is 4.05. The monoisotopic (exact) mass is 492 g/mol. The van der Waals surface area contributed by atoms with Crippen LogP contribution in [0.1, 0.15) is 22.5 Å². The van der Waals surface area contributed by atoms with Gasteiger partial charge in [-0.05, 0) is 19.1 Å². The molecule has 1 fully saturated rings. The van der Waals surface area contributed by atoms with E-state index in [4.69, 9.17) is 0 Å². The number of nitrogens with one attached hydrogen (secondary N) is 1. The SMILES string of the molecule is CCc1nsc(N2CCN(C(=NC)NCc3ccc(C)s3)CC2)n1.I. The van der Waals surface area contributed by atoms with Crippen LogP contribution in [-0.4, -0.2) is 53.4 Å². The van der Waals surface area contributed by atoms with Gasteiger partial charge in [-0.15, -0.1) is 35.3 Å². The molecular formula is C16H25IN6S2. The van der Waals surface area contributed by atoms with Crippen LogP contribution in [0.5, 0.6) is 0 Å². The lowest BCUT2D eigenvalue weighted by Crippen LogP contribution is -2.52. The largest absolute Gasteiger partial charge is 0.351 e. The minimum atomic E-state index is 0. The molecule has 0 radical (unpaired) electrons. The molecule has 6 nitrogen and oxygen atoms in total. The van der Waals surface area contributed by atoms with E-state index in [1.54, 1.807) is 0 Å². The number of hydrogen-bond acceptors (Lipinski definition) is 6. The Balaban J connectivity index is 0.00000225. The molecule has 1 N–H and O–H groups in total. The average Bonchev–Trinajstić information content (AvgIpc) is 3.25. The maximum absolute atomic E-state index is 4.59. The van der Waals surface area contributed by atoms with Crippen molar-refractivity contribution < 1.29 is 0 Å². The van der Waals surface area contributed by atoms with Crippen LogP contribution in [0.25, 0.3) is 0 Å². The lowest BCUT2D eigenvalue weighted by atomic mass is 10.3. The number of rotatable bonds is 4. The second-order valence-electron chi connectivity index (χ2n) is 5.73. The van der Waals surface area contributed by atoms with Gasteiger partial charge in [-0.3, -0.25) is 4.99 Å². The Morgan fingerprint density at radius 2 is 2.04 bits per heavy atom. The van der Waals surface area contributed by atoms with E-state index < -0.39 is 0 Å². The molecule has 0 aliphatic carbocycles. The van der Waals surface area contributed by atoms with Crippen LogP contribution in [-0.2, 0) is 13.0 Å². The van der Waals surface area contributed by atoms with Crippen LogP contribution in [0.15, 0.2) is 17.1 Å². The minimum absolute atomic E-state index is 0. The third kappa shape index (κ3) is 5.27. The fourth-order valence-electron chi connectivity index (χ4n) is 2.70. The van der Waals surface area contributed by atoms with E-state index in [1.165, 1.54) is 21.3 Å². The maximum Gasteiger partial charge on any atom is 0.205 e. The number of aromatic nitrogens is 2. The number of nitrogens with zero attached hydrogens (tertiary/aromatic N) is 5. The van der Waals surface area contributed by atoms with Crippen LogP contribution >= 0.6 is 46.8 Å². The van der Waals surface area contributed by atoms with Crippen LogP contribution in [0.4, 0.5) is 5.13 Å². The molecule has 1 saturated heterocycles. The van der Waals surface area contributed by atoms with Crippen molar-refractivity contribution in [1.82, 2.24) is 19.6 Å². The van der Waals surface area contributed by atoms with E-state index >= 15 is 0 Å². The number of thiophene rings is 1. The predicted octanol–water partition coefficient (Wildman–Crippen LogP) is 2.99. The molecular weight excluding hydrogens is 467 g/mol. The highest BCUT2D eigenvalue weighted by Gasteiger charge is 2.22. The molecule has 0 unspecified atom stereocenters. The van der Waals surface area contributed by atoms with Crippen molar-refractivity contribution in [3.8, 4) is 0 Å². The standard InChI is InChI=1S/C16H24N6S2.HI/c1-4-14-19-16(24-20-14)22-9-7-21(8-10-22)15(17-3)18-11-13-6-5-12(2)23-13;/h5-6H,4,7-11H2,1-3H3,(H,17,18);1H. The van der Waals surface area contributed by atoms with E-state index in [9.17, 15) is 0 Å². The Kier molecular flexibility index (Phi) is 7.88. The quantitative estimate of drug-likeness (QED) is 0.404. The molecule has 2 aromatic rings. The van der Waals surface area contributed by atoms with Crippen molar-refractivity contribution >= 4 is 57.9 Å². The summed E-state index contributed by atoms with van der Waals surface area (Å²) < 4.78 is 4.39. The average molecular weight is 492 g/mol. The summed E-state index contributed by atoms with van der Waals surface area (Å²) in [4.78, 5) is 16.4. The van der Waals surface area contributed by atoms with Gasteiger partial charge in [0.15, 0.2) is 5.96 Å². The van der Waals surface area contributed by atoms with E-state index in [0.29, 0.717) is 0 Å². The molecule has 3 heterocycles. The Bertz CT molecular complexity index is 690. The van der Waals surface area contributed by atoms with Crippen LogP contribution in [0, 0.1) is 6.92 Å². The number of hydrogen-bond donors (Lipinski definition) is 1. The van der Waals surface area contributed by atoms with Crippen molar-refractivity contribution in [3.05, 3.63) is 27.7 Å². The Hall–Kier alpha value is -0.940. The number of aryl methyl sites for hydroxylation is 2. The number of piperazine rings is 1. The van der Waals surface area contributed by atoms with Crippen molar-refractivity contribution in [2.75, 3.05) is 38.1 Å². The molecule has 3 rings (SSSR count). The van der Waals surface area contributed by atoms with Gasteiger partial charge >= 0.3 is 0 Å². The first-order chi connectivity index (χ1) is 11.7. The third-order valence-corrected chi connectivity index (χ3v) is 5.87. The summed E-state index contributed by atoms with van der Waals surface area (Å²) in [7, 11) is 1.85. The second kappa shape index (κ2) is 9.67. The molecule has 2 aromatic heterocycles. The van der Waals surface area contributed by atoms with Gasteiger partial charge in [-0.25, -0.2) is 4.98 Å². The molecule has 1 aliphatic rings. The molecule has 0 spiro atoms. The topological polar surface area (TPSA) is 56.7 Å². The van der Waals surface area contributed by atoms with Crippen molar-refractivity contribution in [2.24, 2.45) is 4.99 Å². The highest BCUT2D eigenvalue weighted by atomic mass is 127. The summed E-state index contributed by atoms with van der Waals surface area (Å²) >= 11 is 3.34. The van der Waals surface area contributed by atoms with Gasteiger partial charge in [-0.1, -0.05) is 6.92 Å². The van der Waals surface area contributed by atoms with Gasteiger partial charge in [0.2, 0.25) is 5.13 Å². The fraction of sp³-hybridized carbons (Fsp3) is 0.562. The minimum Gasteiger partial charge on any atom is -0.351 e. The number of halogens is 1. The zero-order valence-corrected chi connectivity index (χ0v) is 18.8. The first-order valence-corrected chi connectivity index (χ1v) is 9.87. The van der Waals surface area contributed by atoms with Gasteiger partial charge in [0, 0.05) is 60.9 Å². The van der Waals surface area contributed by atoms with E-state index in [-0.39, 0.29) is 24.0 Å². The molecule has 1 aliphatic heterocycles. The molecule has 25 heavy (non-hydrogen) atoms. The molecule has 9 heteroatoms. The summed E-state index contributed by atoms with van der Waals surface area (Å²) in [5.41, 5.74) is 0. The number of aliphatic imine (C=N–C) groups is 1. The lowest BCUT2D eigenvalue weighted by Gasteiger charge is -2.36. The van der Waals surface area contributed by atoms with Gasteiger partial charge in [0.25, 0.3) is 0 Å². The normalized spacial score (nSPS) is 15.2. The van der Waals surface area contributed by atoms with Gasteiger partial charge < -0.3 is 15.1 Å². The molecule has 0 atom stereocenters. The van der Waals surface area contributed by atoms with Crippen LogP contribution < -0.4 is 10.2 Å². The summed E-state index contributed by atoms with van der Waals surface area (Å²) in [6.07, 6.45) is 0.898. The molecule has 0 aromatic carbocycles. The second-order valence-corrected chi connectivity index (χ2v) is 7.84. The van der Waals surface area contributed by atoms with Crippen molar-refractivity contribution in [2.45, 2.75) is 26.8 Å². The summed E-state index contributed by atoms with van der Waals surface area (Å²) in [5, 5.41) is 4.52. The van der Waals surface area contributed by atoms with Gasteiger partial charge in [-0.2, -0.15) is 4.37 Å². The Morgan fingerprint density at radius 1 is 1.28 bits per heavy atom. The van der Waals surface area contributed by atoms with Crippen molar-refractivity contribution in [1.29, 1.82) is 0 Å². The lowest BCUT2D eigenvalue weighted by molar-refractivity contribution is 0.372. The van der Waals surface area contributed by atoms with E-state index in [2.05, 4.69) is 55.4 Å². The van der Waals surface area contributed by atoms with Crippen LogP contribution in [0.3, 0.4) is 0 Å².